The molecule has 0 aliphatic carbocycles. The smallest absolute Gasteiger partial charge is 0.0589 e. The minimum atomic E-state index is 0.0330. The summed E-state index contributed by atoms with van der Waals surface area (Å²) in [5.41, 5.74) is 6.01. The standard InChI is InChI=1S/C13H30N2O2/c1-12(2)10-13(3,11-14)15(6-8-16-4)7-9-17-5/h12H,6-11,14H2,1-5H3. The van der Waals surface area contributed by atoms with E-state index in [1.165, 1.54) is 0 Å². The lowest BCUT2D eigenvalue weighted by atomic mass is 9.89. The summed E-state index contributed by atoms with van der Waals surface area (Å²) in [4.78, 5) is 2.39. The molecule has 0 aromatic rings. The largest absolute Gasteiger partial charge is 0.383 e. The fourth-order valence-electron chi connectivity index (χ4n) is 2.28. The van der Waals surface area contributed by atoms with E-state index in [9.17, 15) is 0 Å². The number of methoxy groups -OCH3 is 2. The SMILES string of the molecule is COCCN(CCOC)C(C)(CN)CC(C)C. The predicted octanol–water partition coefficient (Wildman–Crippen LogP) is 1.34. The maximum Gasteiger partial charge on any atom is 0.0589 e. The van der Waals surface area contributed by atoms with Gasteiger partial charge in [0.25, 0.3) is 0 Å². The van der Waals surface area contributed by atoms with Crippen LogP contribution in [0, 0.1) is 5.92 Å². The first-order valence-electron chi connectivity index (χ1n) is 6.43. The number of nitrogens with zero attached hydrogens (tertiary/aromatic N) is 1. The molecule has 4 nitrogen and oxygen atoms in total. The molecule has 0 aliphatic rings. The van der Waals surface area contributed by atoms with Crippen LogP contribution in [0.5, 0.6) is 0 Å². The van der Waals surface area contributed by atoms with Gasteiger partial charge in [-0.2, -0.15) is 0 Å². The molecule has 0 aliphatic heterocycles. The molecule has 0 saturated carbocycles. The monoisotopic (exact) mass is 246 g/mol. The van der Waals surface area contributed by atoms with Crippen molar-refractivity contribution < 1.29 is 9.47 Å². The molecular weight excluding hydrogens is 216 g/mol. The van der Waals surface area contributed by atoms with Gasteiger partial charge in [-0.25, -0.2) is 0 Å². The van der Waals surface area contributed by atoms with Gasteiger partial charge in [0.15, 0.2) is 0 Å². The molecule has 0 radical (unpaired) electrons. The Bertz CT molecular complexity index is 180. The first-order valence-corrected chi connectivity index (χ1v) is 6.43. The molecule has 0 aromatic carbocycles. The Kier molecular flexibility index (Phi) is 8.78. The third-order valence-electron chi connectivity index (χ3n) is 3.18. The van der Waals surface area contributed by atoms with Gasteiger partial charge in [-0.1, -0.05) is 13.8 Å². The molecule has 2 N–H and O–H groups in total. The third kappa shape index (κ3) is 6.36. The lowest BCUT2D eigenvalue weighted by molar-refractivity contribution is 0.0351. The van der Waals surface area contributed by atoms with Crippen molar-refractivity contribution >= 4 is 0 Å². The van der Waals surface area contributed by atoms with Gasteiger partial charge >= 0.3 is 0 Å². The number of nitrogens with two attached hydrogens (primary N) is 1. The summed E-state index contributed by atoms with van der Waals surface area (Å²) in [6, 6.07) is 0. The highest BCUT2D eigenvalue weighted by molar-refractivity contribution is 4.88. The Hall–Kier alpha value is -0.160. The van der Waals surface area contributed by atoms with Crippen LogP contribution in [0.1, 0.15) is 27.2 Å². The van der Waals surface area contributed by atoms with Gasteiger partial charge in [-0.05, 0) is 19.3 Å². The molecule has 0 spiro atoms. The molecule has 0 rings (SSSR count). The van der Waals surface area contributed by atoms with Gasteiger partial charge in [-0.15, -0.1) is 0 Å². The Morgan fingerprint density at radius 3 is 1.88 bits per heavy atom. The van der Waals surface area contributed by atoms with Crippen LogP contribution >= 0.6 is 0 Å². The molecule has 1 atom stereocenters. The van der Waals surface area contributed by atoms with Crippen molar-refractivity contribution in [2.75, 3.05) is 47.1 Å². The van der Waals surface area contributed by atoms with E-state index < -0.39 is 0 Å². The highest BCUT2D eigenvalue weighted by Gasteiger charge is 2.30. The Balaban J connectivity index is 4.55. The number of rotatable bonds is 10. The second-order valence-electron chi connectivity index (χ2n) is 5.27. The minimum absolute atomic E-state index is 0.0330. The van der Waals surface area contributed by atoms with Gasteiger partial charge in [0.1, 0.15) is 0 Å². The molecule has 0 bridgehead atoms. The lowest BCUT2D eigenvalue weighted by Crippen LogP contribution is -2.54. The van der Waals surface area contributed by atoms with Crippen molar-refractivity contribution in [1.29, 1.82) is 0 Å². The number of hydrogen-bond donors (Lipinski definition) is 1. The molecule has 0 amide bonds. The molecule has 0 aromatic heterocycles. The Morgan fingerprint density at radius 1 is 1.12 bits per heavy atom. The normalized spacial score (nSPS) is 15.5. The molecule has 1 unspecified atom stereocenters. The maximum atomic E-state index is 5.98. The van der Waals surface area contributed by atoms with E-state index in [0.717, 1.165) is 32.7 Å². The quantitative estimate of drug-likeness (QED) is 0.632. The summed E-state index contributed by atoms with van der Waals surface area (Å²) in [6.07, 6.45) is 1.09. The first kappa shape index (κ1) is 16.8. The molecule has 4 heteroatoms. The summed E-state index contributed by atoms with van der Waals surface area (Å²) < 4.78 is 10.3. The second kappa shape index (κ2) is 8.86. The second-order valence-corrected chi connectivity index (χ2v) is 5.27. The van der Waals surface area contributed by atoms with Crippen molar-refractivity contribution in [3.63, 3.8) is 0 Å². The van der Waals surface area contributed by atoms with E-state index in [1.807, 2.05) is 0 Å². The highest BCUT2D eigenvalue weighted by Crippen LogP contribution is 2.22. The van der Waals surface area contributed by atoms with E-state index in [2.05, 4.69) is 25.7 Å². The number of ether oxygens (including phenoxy) is 2. The fourth-order valence-corrected chi connectivity index (χ4v) is 2.28. The van der Waals surface area contributed by atoms with Crippen LogP contribution in [0.2, 0.25) is 0 Å². The fraction of sp³-hybridized carbons (Fsp3) is 1.00. The summed E-state index contributed by atoms with van der Waals surface area (Å²) in [7, 11) is 3.47. The zero-order chi connectivity index (χ0) is 13.3. The summed E-state index contributed by atoms with van der Waals surface area (Å²) in [6.45, 7) is 10.6. The molecule has 17 heavy (non-hydrogen) atoms. The first-order chi connectivity index (χ1) is 8.00. The van der Waals surface area contributed by atoms with Gasteiger partial charge in [0.2, 0.25) is 0 Å². The van der Waals surface area contributed by atoms with Crippen LogP contribution in [0.25, 0.3) is 0 Å². The summed E-state index contributed by atoms with van der Waals surface area (Å²) >= 11 is 0. The van der Waals surface area contributed by atoms with E-state index in [-0.39, 0.29) is 5.54 Å². The predicted molar refractivity (Wildman–Crippen MR) is 72.2 cm³/mol. The van der Waals surface area contributed by atoms with Gasteiger partial charge in [-0.3, -0.25) is 4.90 Å². The Labute approximate surface area is 106 Å². The van der Waals surface area contributed by atoms with Gasteiger partial charge in [0.05, 0.1) is 13.2 Å². The maximum absolute atomic E-state index is 5.98. The third-order valence-corrected chi connectivity index (χ3v) is 3.18. The minimum Gasteiger partial charge on any atom is -0.383 e. The van der Waals surface area contributed by atoms with Crippen molar-refractivity contribution in [3.05, 3.63) is 0 Å². The van der Waals surface area contributed by atoms with Crippen LogP contribution in [0.15, 0.2) is 0 Å². The topological polar surface area (TPSA) is 47.7 Å². The summed E-state index contributed by atoms with van der Waals surface area (Å²) in [5, 5.41) is 0. The van der Waals surface area contributed by atoms with Crippen molar-refractivity contribution in [2.24, 2.45) is 11.7 Å². The van der Waals surface area contributed by atoms with Crippen molar-refractivity contribution in [1.82, 2.24) is 4.90 Å². The van der Waals surface area contributed by atoms with Gasteiger partial charge in [0, 0.05) is 39.4 Å². The van der Waals surface area contributed by atoms with Gasteiger partial charge < -0.3 is 15.2 Å². The highest BCUT2D eigenvalue weighted by atomic mass is 16.5. The van der Waals surface area contributed by atoms with E-state index in [1.54, 1.807) is 14.2 Å². The van der Waals surface area contributed by atoms with Crippen molar-refractivity contribution in [3.8, 4) is 0 Å². The molecule has 0 saturated heterocycles. The van der Waals surface area contributed by atoms with Crippen molar-refractivity contribution in [2.45, 2.75) is 32.7 Å². The summed E-state index contributed by atoms with van der Waals surface area (Å²) in [5.74, 6) is 0.635. The van der Waals surface area contributed by atoms with Crippen LogP contribution in [0.3, 0.4) is 0 Å². The number of hydrogen-bond acceptors (Lipinski definition) is 4. The molecular formula is C13H30N2O2. The molecule has 0 heterocycles. The molecule has 0 fully saturated rings. The van der Waals surface area contributed by atoms with Crippen LogP contribution in [0.4, 0.5) is 0 Å². The van der Waals surface area contributed by atoms with Crippen LogP contribution in [-0.2, 0) is 9.47 Å². The van der Waals surface area contributed by atoms with Crippen LogP contribution in [-0.4, -0.2) is 57.5 Å². The lowest BCUT2D eigenvalue weighted by Gasteiger charge is -2.41. The Morgan fingerprint density at radius 2 is 1.59 bits per heavy atom. The van der Waals surface area contributed by atoms with E-state index in [0.29, 0.717) is 12.5 Å². The van der Waals surface area contributed by atoms with E-state index in [4.69, 9.17) is 15.2 Å². The van der Waals surface area contributed by atoms with Crippen LogP contribution < -0.4 is 5.73 Å². The zero-order valence-corrected chi connectivity index (χ0v) is 12.2. The zero-order valence-electron chi connectivity index (χ0n) is 12.2. The average molecular weight is 246 g/mol. The molecule has 104 valence electrons. The van der Waals surface area contributed by atoms with E-state index >= 15 is 0 Å². The average Bonchev–Trinajstić information content (AvgIpc) is 2.28.